The molecule has 1 amide bonds. The summed E-state index contributed by atoms with van der Waals surface area (Å²) in [5.41, 5.74) is -0.104. The third-order valence-electron chi connectivity index (χ3n) is 4.38. The second kappa shape index (κ2) is 6.97. The van der Waals surface area contributed by atoms with Crippen molar-refractivity contribution >= 4 is 34.5 Å². The molecule has 5 nitrogen and oxygen atoms in total. The summed E-state index contributed by atoms with van der Waals surface area (Å²) >= 11 is 1.25. The zero-order valence-corrected chi connectivity index (χ0v) is 15.0. The van der Waals surface area contributed by atoms with E-state index in [0.717, 1.165) is 17.0 Å². The van der Waals surface area contributed by atoms with Gasteiger partial charge in [0.05, 0.1) is 11.3 Å². The van der Waals surface area contributed by atoms with Crippen molar-refractivity contribution in [3.63, 3.8) is 0 Å². The number of carbonyl (C=O) groups is 2. The van der Waals surface area contributed by atoms with Crippen LogP contribution in [0.3, 0.4) is 0 Å². The van der Waals surface area contributed by atoms with Crippen molar-refractivity contribution in [2.45, 2.75) is 6.04 Å². The highest BCUT2D eigenvalue weighted by Gasteiger charge is 2.48. The molecular weight excluding hydrogens is 386 g/mol. The Hall–Kier alpha value is -3.39. The predicted octanol–water partition coefficient (Wildman–Crippen LogP) is 4.05. The van der Waals surface area contributed by atoms with Crippen LogP contribution in [0.25, 0.3) is 5.76 Å². The molecule has 2 aromatic heterocycles. The number of anilines is 1. The zero-order valence-electron chi connectivity index (χ0n) is 14.2. The zero-order chi connectivity index (χ0) is 19.8. The minimum absolute atomic E-state index is 0.164. The van der Waals surface area contributed by atoms with Gasteiger partial charge in [0.15, 0.2) is 0 Å². The first-order valence-electron chi connectivity index (χ1n) is 8.19. The molecule has 0 aliphatic carbocycles. The van der Waals surface area contributed by atoms with E-state index in [9.17, 15) is 23.5 Å². The molecule has 1 fully saturated rings. The Morgan fingerprint density at radius 2 is 1.86 bits per heavy atom. The van der Waals surface area contributed by atoms with Gasteiger partial charge in [-0.25, -0.2) is 8.78 Å². The molecule has 1 N–H and O–H groups in total. The first-order valence-corrected chi connectivity index (χ1v) is 9.07. The number of rotatable bonds is 3. The van der Waals surface area contributed by atoms with Crippen molar-refractivity contribution in [3.8, 4) is 0 Å². The number of aliphatic hydroxyl groups is 1. The molecule has 1 aliphatic heterocycles. The van der Waals surface area contributed by atoms with Gasteiger partial charge in [0.2, 0.25) is 0 Å². The molecule has 1 saturated heterocycles. The number of benzene rings is 1. The van der Waals surface area contributed by atoms with Crippen LogP contribution in [0.4, 0.5) is 14.5 Å². The van der Waals surface area contributed by atoms with E-state index in [4.69, 9.17) is 0 Å². The maximum absolute atomic E-state index is 14.4. The molecule has 1 aliphatic rings. The molecule has 0 radical (unpaired) electrons. The van der Waals surface area contributed by atoms with Crippen molar-refractivity contribution in [2.24, 2.45) is 0 Å². The third-order valence-corrected chi connectivity index (χ3v) is 5.30. The highest BCUT2D eigenvalue weighted by atomic mass is 32.1. The predicted molar refractivity (Wildman–Crippen MR) is 99.7 cm³/mol. The summed E-state index contributed by atoms with van der Waals surface area (Å²) in [5.74, 6) is -4.12. The lowest BCUT2D eigenvalue weighted by Gasteiger charge is -2.24. The number of thiophene rings is 1. The lowest BCUT2D eigenvalue weighted by Crippen LogP contribution is -2.30. The van der Waals surface area contributed by atoms with E-state index < -0.39 is 29.4 Å². The van der Waals surface area contributed by atoms with E-state index in [1.807, 2.05) is 0 Å². The molecule has 140 valence electrons. The Kier molecular flexibility index (Phi) is 4.48. The number of nitrogens with zero attached hydrogens (tertiary/aromatic N) is 2. The Morgan fingerprint density at radius 1 is 1.11 bits per heavy atom. The molecule has 1 unspecified atom stereocenters. The molecule has 0 saturated carbocycles. The molecule has 1 aromatic carbocycles. The molecule has 1 atom stereocenters. The van der Waals surface area contributed by atoms with Gasteiger partial charge >= 0.3 is 0 Å². The topological polar surface area (TPSA) is 70.5 Å². The molecule has 4 rings (SSSR count). The fourth-order valence-electron chi connectivity index (χ4n) is 3.14. The molecule has 28 heavy (non-hydrogen) atoms. The Bertz CT molecular complexity index is 1100. The van der Waals surface area contributed by atoms with Gasteiger partial charge in [-0.05, 0) is 35.7 Å². The fourth-order valence-corrected chi connectivity index (χ4v) is 3.96. The van der Waals surface area contributed by atoms with Crippen LogP contribution >= 0.6 is 11.3 Å². The summed E-state index contributed by atoms with van der Waals surface area (Å²) in [6, 6.07) is 8.09. The van der Waals surface area contributed by atoms with Crippen LogP contribution in [-0.2, 0) is 9.59 Å². The van der Waals surface area contributed by atoms with Gasteiger partial charge < -0.3 is 5.11 Å². The van der Waals surface area contributed by atoms with Gasteiger partial charge in [0.1, 0.15) is 23.4 Å². The smallest absolute Gasteiger partial charge is 0.300 e. The largest absolute Gasteiger partial charge is 0.507 e. The summed E-state index contributed by atoms with van der Waals surface area (Å²) in [6.07, 6.45) is 2.87. The van der Waals surface area contributed by atoms with E-state index in [1.54, 1.807) is 17.5 Å². The van der Waals surface area contributed by atoms with E-state index in [2.05, 4.69) is 4.98 Å². The second-order valence-electron chi connectivity index (χ2n) is 6.02. The van der Waals surface area contributed by atoms with Crippen LogP contribution in [-0.4, -0.2) is 21.8 Å². The summed E-state index contributed by atoms with van der Waals surface area (Å²) in [6.45, 7) is 0. The molecule has 8 heteroatoms. The number of carbonyl (C=O) groups excluding carboxylic acids is 2. The normalized spacial score (nSPS) is 18.6. The SMILES string of the molecule is O=C1C(=O)N(c2ccc(F)cc2F)C(c2cccs2)/C1=C(/O)c1ccncc1. The first-order chi connectivity index (χ1) is 13.5. The third kappa shape index (κ3) is 2.87. The molecular formula is C20H12F2N2O3S. The Morgan fingerprint density at radius 3 is 2.50 bits per heavy atom. The number of hydrogen-bond donors (Lipinski definition) is 1. The average molecular weight is 398 g/mol. The first kappa shape index (κ1) is 18.0. The van der Waals surface area contributed by atoms with Gasteiger partial charge in [0.25, 0.3) is 11.7 Å². The number of amides is 1. The highest BCUT2D eigenvalue weighted by molar-refractivity contribution is 7.10. The van der Waals surface area contributed by atoms with Crippen molar-refractivity contribution in [3.05, 3.63) is 87.9 Å². The minimum Gasteiger partial charge on any atom is -0.507 e. The van der Waals surface area contributed by atoms with Crippen molar-refractivity contribution in [1.82, 2.24) is 4.98 Å². The van der Waals surface area contributed by atoms with Crippen molar-refractivity contribution < 1.29 is 23.5 Å². The minimum atomic E-state index is -1.03. The van der Waals surface area contributed by atoms with Crippen LogP contribution in [0.2, 0.25) is 0 Å². The number of hydrogen-bond acceptors (Lipinski definition) is 5. The number of aromatic nitrogens is 1. The van der Waals surface area contributed by atoms with Gasteiger partial charge in [-0.15, -0.1) is 11.3 Å². The number of halogens is 2. The molecule has 0 bridgehead atoms. The van der Waals surface area contributed by atoms with Crippen LogP contribution in [0, 0.1) is 11.6 Å². The summed E-state index contributed by atoms with van der Waals surface area (Å²) < 4.78 is 27.8. The molecule has 0 spiro atoms. The van der Waals surface area contributed by atoms with Crippen LogP contribution in [0.15, 0.2) is 65.8 Å². The average Bonchev–Trinajstić information content (AvgIpc) is 3.30. The second-order valence-corrected chi connectivity index (χ2v) is 7.00. The standard InChI is InChI=1S/C20H12F2N2O3S/c21-12-3-4-14(13(22)10-12)24-17(15-2-1-9-28-15)16(19(26)20(24)27)18(25)11-5-7-23-8-6-11/h1-10,17,25H/b18-16-. The molecule has 3 heterocycles. The quantitative estimate of drug-likeness (QED) is 0.411. The summed E-state index contributed by atoms with van der Waals surface area (Å²) in [5, 5.41) is 12.5. The monoisotopic (exact) mass is 398 g/mol. The van der Waals surface area contributed by atoms with Gasteiger partial charge in [-0.1, -0.05) is 6.07 Å². The van der Waals surface area contributed by atoms with Crippen LogP contribution in [0.5, 0.6) is 0 Å². The lowest BCUT2D eigenvalue weighted by atomic mass is 10.0. The number of ketones is 1. The summed E-state index contributed by atoms with van der Waals surface area (Å²) in [7, 11) is 0. The van der Waals surface area contributed by atoms with E-state index in [-0.39, 0.29) is 17.0 Å². The highest BCUT2D eigenvalue weighted by Crippen LogP contribution is 2.44. The van der Waals surface area contributed by atoms with E-state index in [1.165, 1.54) is 35.9 Å². The van der Waals surface area contributed by atoms with Crippen molar-refractivity contribution in [1.29, 1.82) is 0 Å². The number of pyridine rings is 1. The van der Waals surface area contributed by atoms with Gasteiger partial charge in [0, 0.05) is 28.9 Å². The van der Waals surface area contributed by atoms with Crippen LogP contribution < -0.4 is 4.90 Å². The Balaban J connectivity index is 1.95. The summed E-state index contributed by atoms with van der Waals surface area (Å²) in [4.78, 5) is 30.9. The van der Waals surface area contributed by atoms with Gasteiger partial charge in [-0.2, -0.15) is 0 Å². The number of Topliss-reactive ketones (excluding diaryl/α,β-unsaturated/α-hetero) is 1. The van der Waals surface area contributed by atoms with Crippen molar-refractivity contribution in [2.75, 3.05) is 4.90 Å². The van der Waals surface area contributed by atoms with E-state index >= 15 is 0 Å². The van der Waals surface area contributed by atoms with Crippen LogP contribution in [0.1, 0.15) is 16.5 Å². The lowest BCUT2D eigenvalue weighted by molar-refractivity contribution is -0.132. The van der Waals surface area contributed by atoms with Gasteiger partial charge in [-0.3, -0.25) is 19.5 Å². The molecule has 3 aromatic rings. The maximum atomic E-state index is 14.4. The maximum Gasteiger partial charge on any atom is 0.300 e. The van der Waals surface area contributed by atoms with E-state index in [0.29, 0.717) is 16.5 Å². The Labute approximate surface area is 162 Å². The fraction of sp³-hybridized carbons (Fsp3) is 0.0500. The number of aliphatic hydroxyl groups excluding tert-OH is 1.